The van der Waals surface area contributed by atoms with Crippen LogP contribution in [0.3, 0.4) is 0 Å². The molecule has 0 heterocycles. The van der Waals surface area contributed by atoms with Crippen LogP contribution < -0.4 is 5.32 Å². The molecule has 0 radical (unpaired) electrons. The van der Waals surface area contributed by atoms with Gasteiger partial charge in [-0.05, 0) is 18.5 Å². The summed E-state index contributed by atoms with van der Waals surface area (Å²) in [5.74, 6) is 0. The topological polar surface area (TPSA) is 45.0 Å². The second-order valence-electron chi connectivity index (χ2n) is 4.63. The average Bonchev–Trinajstić information content (AvgIpc) is 2.47. The van der Waals surface area contributed by atoms with Gasteiger partial charge in [0.2, 0.25) is 0 Å². The van der Waals surface area contributed by atoms with Gasteiger partial charge in [-0.25, -0.2) is 0 Å². The van der Waals surface area contributed by atoms with Crippen LogP contribution in [0.15, 0.2) is 30.3 Å². The zero-order chi connectivity index (χ0) is 14.0. The molecule has 0 saturated heterocycles. The quantitative estimate of drug-likeness (QED) is 0.693. The summed E-state index contributed by atoms with van der Waals surface area (Å²) < 4.78 is 5.61. The molecule has 0 aliphatic heterocycles. The molecule has 1 aromatic rings. The number of nitrogens with zero attached hydrogens (tertiary/aromatic N) is 1. The summed E-state index contributed by atoms with van der Waals surface area (Å²) in [6, 6.07) is 12.3. The molecule has 1 unspecified atom stereocenters. The lowest BCUT2D eigenvalue weighted by Crippen LogP contribution is -2.42. The molecule has 3 heteroatoms. The highest BCUT2D eigenvalue weighted by Crippen LogP contribution is 2.24. The summed E-state index contributed by atoms with van der Waals surface area (Å²) in [4.78, 5) is 0. The number of rotatable bonds is 9. The molecular formula is C16H24N2O. The molecule has 0 aromatic heterocycles. The molecule has 1 atom stereocenters. The van der Waals surface area contributed by atoms with Crippen LogP contribution in [0.2, 0.25) is 0 Å². The minimum Gasteiger partial charge on any atom is -0.381 e. The van der Waals surface area contributed by atoms with Crippen molar-refractivity contribution in [1.82, 2.24) is 5.32 Å². The van der Waals surface area contributed by atoms with Gasteiger partial charge in [0, 0.05) is 19.6 Å². The average molecular weight is 260 g/mol. The normalized spacial score (nSPS) is 13.7. The zero-order valence-electron chi connectivity index (χ0n) is 12.0. The van der Waals surface area contributed by atoms with E-state index in [1.807, 2.05) is 37.3 Å². The highest BCUT2D eigenvalue weighted by atomic mass is 16.5. The Morgan fingerprint density at radius 1 is 1.21 bits per heavy atom. The Hall–Kier alpha value is -1.37. The number of unbranched alkanes of at least 4 members (excludes halogenated alkanes) is 1. The van der Waals surface area contributed by atoms with E-state index in [2.05, 4.69) is 18.3 Å². The lowest BCUT2D eigenvalue weighted by molar-refractivity contribution is 0.113. The van der Waals surface area contributed by atoms with E-state index in [0.717, 1.165) is 31.6 Å². The monoisotopic (exact) mass is 260 g/mol. The van der Waals surface area contributed by atoms with E-state index in [9.17, 15) is 5.26 Å². The first-order valence-corrected chi connectivity index (χ1v) is 7.08. The third-order valence-electron chi connectivity index (χ3n) is 3.20. The Balaban J connectivity index is 2.68. The molecule has 19 heavy (non-hydrogen) atoms. The Kier molecular flexibility index (Phi) is 7.17. The van der Waals surface area contributed by atoms with Gasteiger partial charge in [-0.3, -0.25) is 5.32 Å². The van der Waals surface area contributed by atoms with Crippen LogP contribution in [-0.4, -0.2) is 19.8 Å². The summed E-state index contributed by atoms with van der Waals surface area (Å²) in [5, 5.41) is 12.9. The molecule has 3 nitrogen and oxygen atoms in total. The van der Waals surface area contributed by atoms with Gasteiger partial charge in [0.05, 0.1) is 6.07 Å². The third kappa shape index (κ3) is 4.66. The van der Waals surface area contributed by atoms with Crippen LogP contribution >= 0.6 is 0 Å². The van der Waals surface area contributed by atoms with Crippen LogP contribution in [0.5, 0.6) is 0 Å². The minimum absolute atomic E-state index is 0.607. The predicted octanol–water partition coefficient (Wildman–Crippen LogP) is 3.22. The molecule has 0 aliphatic carbocycles. The van der Waals surface area contributed by atoms with Crippen molar-refractivity contribution in [3.05, 3.63) is 35.9 Å². The van der Waals surface area contributed by atoms with Crippen molar-refractivity contribution in [3.8, 4) is 6.07 Å². The standard InChI is InChI=1S/C16H24N2O/c1-3-5-12-19-13-11-16(14-17,18-4-2)15-9-7-6-8-10-15/h6-10,18H,3-5,11-13H2,1-2H3. The number of benzene rings is 1. The maximum absolute atomic E-state index is 9.60. The van der Waals surface area contributed by atoms with E-state index in [4.69, 9.17) is 4.74 Å². The van der Waals surface area contributed by atoms with Crippen molar-refractivity contribution in [1.29, 1.82) is 5.26 Å². The Labute approximate surface area is 116 Å². The Morgan fingerprint density at radius 2 is 1.95 bits per heavy atom. The molecule has 1 rings (SSSR count). The van der Waals surface area contributed by atoms with Gasteiger partial charge < -0.3 is 4.74 Å². The highest BCUT2D eigenvalue weighted by Gasteiger charge is 2.30. The number of nitrogens with one attached hydrogen (secondary N) is 1. The van der Waals surface area contributed by atoms with E-state index < -0.39 is 5.54 Å². The largest absolute Gasteiger partial charge is 0.381 e. The molecular weight excluding hydrogens is 236 g/mol. The third-order valence-corrected chi connectivity index (χ3v) is 3.20. The summed E-state index contributed by atoms with van der Waals surface area (Å²) in [7, 11) is 0. The second-order valence-corrected chi connectivity index (χ2v) is 4.63. The first-order chi connectivity index (χ1) is 9.29. The van der Waals surface area contributed by atoms with Crippen molar-refractivity contribution in [3.63, 3.8) is 0 Å². The van der Waals surface area contributed by atoms with Crippen LogP contribution in [0.4, 0.5) is 0 Å². The molecule has 0 aliphatic rings. The van der Waals surface area contributed by atoms with Crippen molar-refractivity contribution in [2.45, 2.75) is 38.6 Å². The lowest BCUT2D eigenvalue weighted by Gasteiger charge is -2.28. The van der Waals surface area contributed by atoms with Gasteiger partial charge in [-0.15, -0.1) is 0 Å². The van der Waals surface area contributed by atoms with Crippen LogP contribution in [0.25, 0.3) is 0 Å². The van der Waals surface area contributed by atoms with Crippen LogP contribution in [-0.2, 0) is 10.3 Å². The van der Waals surface area contributed by atoms with Gasteiger partial charge in [0.1, 0.15) is 5.54 Å². The summed E-state index contributed by atoms with van der Waals surface area (Å²) in [6.45, 7) is 6.31. The maximum Gasteiger partial charge on any atom is 0.134 e. The number of hydrogen-bond donors (Lipinski definition) is 1. The Bertz CT molecular complexity index is 385. The van der Waals surface area contributed by atoms with E-state index >= 15 is 0 Å². The van der Waals surface area contributed by atoms with E-state index in [-0.39, 0.29) is 0 Å². The smallest absolute Gasteiger partial charge is 0.134 e. The highest BCUT2D eigenvalue weighted by molar-refractivity contribution is 5.31. The van der Waals surface area contributed by atoms with E-state index in [1.165, 1.54) is 0 Å². The molecule has 0 amide bonds. The van der Waals surface area contributed by atoms with Crippen LogP contribution in [0, 0.1) is 11.3 Å². The molecule has 1 N–H and O–H groups in total. The molecule has 1 aromatic carbocycles. The fourth-order valence-electron chi connectivity index (χ4n) is 2.09. The summed E-state index contributed by atoms with van der Waals surface area (Å²) in [6.07, 6.45) is 2.88. The van der Waals surface area contributed by atoms with Gasteiger partial charge in [-0.2, -0.15) is 5.26 Å². The number of ether oxygens (including phenoxy) is 1. The van der Waals surface area contributed by atoms with Crippen molar-refractivity contribution in [2.75, 3.05) is 19.8 Å². The summed E-state index contributed by atoms with van der Waals surface area (Å²) in [5.41, 5.74) is 0.376. The van der Waals surface area contributed by atoms with Crippen molar-refractivity contribution in [2.24, 2.45) is 0 Å². The number of hydrogen-bond acceptors (Lipinski definition) is 3. The number of nitriles is 1. The molecule has 104 valence electrons. The molecule has 0 bridgehead atoms. The second kappa shape index (κ2) is 8.68. The zero-order valence-corrected chi connectivity index (χ0v) is 12.0. The van der Waals surface area contributed by atoms with Gasteiger partial charge in [0.15, 0.2) is 0 Å². The van der Waals surface area contributed by atoms with Gasteiger partial charge in [-0.1, -0.05) is 50.6 Å². The van der Waals surface area contributed by atoms with Gasteiger partial charge in [0.25, 0.3) is 0 Å². The van der Waals surface area contributed by atoms with Crippen LogP contribution in [0.1, 0.15) is 38.7 Å². The first-order valence-electron chi connectivity index (χ1n) is 7.08. The Morgan fingerprint density at radius 3 is 2.53 bits per heavy atom. The van der Waals surface area contributed by atoms with E-state index in [1.54, 1.807) is 0 Å². The molecule has 0 spiro atoms. The molecule has 0 fully saturated rings. The predicted molar refractivity (Wildman–Crippen MR) is 77.8 cm³/mol. The first kappa shape index (κ1) is 15.7. The van der Waals surface area contributed by atoms with Crippen molar-refractivity contribution < 1.29 is 4.74 Å². The van der Waals surface area contributed by atoms with E-state index in [0.29, 0.717) is 13.0 Å². The lowest BCUT2D eigenvalue weighted by atomic mass is 9.88. The maximum atomic E-state index is 9.60. The fourth-order valence-corrected chi connectivity index (χ4v) is 2.09. The summed E-state index contributed by atoms with van der Waals surface area (Å²) >= 11 is 0. The van der Waals surface area contributed by atoms with Crippen molar-refractivity contribution >= 4 is 0 Å². The minimum atomic E-state index is -0.637. The fraction of sp³-hybridized carbons (Fsp3) is 0.562. The molecule has 0 saturated carbocycles. The SMILES string of the molecule is CCCCOCCC(C#N)(NCC)c1ccccc1. The van der Waals surface area contributed by atoms with Gasteiger partial charge >= 0.3 is 0 Å².